The van der Waals surface area contributed by atoms with E-state index in [-0.39, 0.29) is 6.10 Å². The summed E-state index contributed by atoms with van der Waals surface area (Å²) in [4.78, 5) is 13.3. The van der Waals surface area contributed by atoms with Crippen molar-refractivity contribution in [1.82, 2.24) is 4.90 Å². The zero-order chi connectivity index (χ0) is 14.4. The fraction of sp³-hybridized carbons (Fsp3) is 0.562. The van der Waals surface area contributed by atoms with E-state index >= 15 is 0 Å². The first-order valence-electron chi connectivity index (χ1n) is 7.29. The van der Waals surface area contributed by atoms with E-state index in [1.54, 1.807) is 19.2 Å². The van der Waals surface area contributed by atoms with Crippen LogP contribution in [-0.4, -0.2) is 42.7 Å². The van der Waals surface area contributed by atoms with Crippen LogP contribution in [0.15, 0.2) is 24.3 Å². The van der Waals surface area contributed by atoms with Gasteiger partial charge in [-0.15, -0.1) is 0 Å². The minimum Gasteiger partial charge on any atom is -0.478 e. The van der Waals surface area contributed by atoms with E-state index < -0.39 is 5.97 Å². The molecule has 1 aliphatic heterocycles. The third kappa shape index (κ3) is 4.05. The number of hydrogen-bond acceptors (Lipinski definition) is 3. The second kappa shape index (κ2) is 7.41. The summed E-state index contributed by atoms with van der Waals surface area (Å²) in [7, 11) is 1.71. The van der Waals surface area contributed by atoms with Crippen LogP contribution in [0.4, 0.5) is 0 Å². The summed E-state index contributed by atoms with van der Waals surface area (Å²) in [5.41, 5.74) is 1.37. The number of nitrogens with zero attached hydrogens (tertiary/aromatic N) is 1. The Morgan fingerprint density at radius 2 is 1.90 bits per heavy atom. The van der Waals surface area contributed by atoms with E-state index in [1.165, 1.54) is 32.4 Å². The minimum absolute atomic E-state index is 0.0415. The average Bonchev–Trinajstić information content (AvgIpc) is 2.49. The van der Waals surface area contributed by atoms with E-state index in [0.29, 0.717) is 5.56 Å². The molecule has 1 aromatic rings. The number of aromatic carboxylic acids is 1. The van der Waals surface area contributed by atoms with Gasteiger partial charge in [-0.2, -0.15) is 0 Å². The molecule has 1 saturated heterocycles. The van der Waals surface area contributed by atoms with Gasteiger partial charge in [-0.25, -0.2) is 4.79 Å². The van der Waals surface area contributed by atoms with Gasteiger partial charge in [0.05, 0.1) is 11.7 Å². The van der Waals surface area contributed by atoms with Gasteiger partial charge in [0.25, 0.3) is 0 Å². The second-order valence-electron chi connectivity index (χ2n) is 5.34. The molecule has 1 N–H and O–H groups in total. The number of carbonyl (C=O) groups is 1. The number of piperidine rings is 1. The van der Waals surface area contributed by atoms with Crippen LogP contribution in [0.1, 0.15) is 47.7 Å². The quantitative estimate of drug-likeness (QED) is 0.868. The molecule has 20 heavy (non-hydrogen) atoms. The Balaban J connectivity index is 1.91. The summed E-state index contributed by atoms with van der Waals surface area (Å²) >= 11 is 0. The lowest BCUT2D eigenvalue weighted by Crippen LogP contribution is -2.31. The molecule has 0 saturated carbocycles. The molecule has 4 nitrogen and oxygen atoms in total. The highest BCUT2D eigenvalue weighted by atomic mass is 16.5. The van der Waals surface area contributed by atoms with Crippen molar-refractivity contribution in [3.8, 4) is 0 Å². The van der Waals surface area contributed by atoms with Gasteiger partial charge in [0.15, 0.2) is 0 Å². The highest BCUT2D eigenvalue weighted by molar-refractivity contribution is 5.87. The number of methoxy groups -OCH3 is 1. The van der Waals surface area contributed by atoms with Crippen molar-refractivity contribution in [2.24, 2.45) is 0 Å². The molecule has 0 aliphatic carbocycles. The minimum atomic E-state index is -0.890. The highest BCUT2D eigenvalue weighted by Crippen LogP contribution is 2.22. The first kappa shape index (κ1) is 15.0. The molecule has 0 spiro atoms. The lowest BCUT2D eigenvalue weighted by molar-refractivity contribution is 0.0695. The third-order valence-corrected chi connectivity index (χ3v) is 3.97. The lowest BCUT2D eigenvalue weighted by Gasteiger charge is -2.28. The Morgan fingerprint density at radius 1 is 1.25 bits per heavy atom. The number of hydrogen-bond donors (Lipinski definition) is 1. The summed E-state index contributed by atoms with van der Waals surface area (Å²) < 4.78 is 5.55. The number of carboxylic acid groups (broad SMARTS) is 1. The SMILES string of the molecule is COC(CCN1CCCCC1)c1ccc(C(=O)O)cc1. The average molecular weight is 277 g/mol. The van der Waals surface area contributed by atoms with Gasteiger partial charge in [-0.3, -0.25) is 0 Å². The van der Waals surface area contributed by atoms with Crippen molar-refractivity contribution in [2.45, 2.75) is 31.8 Å². The number of benzene rings is 1. The van der Waals surface area contributed by atoms with Crippen molar-refractivity contribution in [3.63, 3.8) is 0 Å². The summed E-state index contributed by atoms with van der Waals surface area (Å²) in [6.45, 7) is 3.42. The molecule has 4 heteroatoms. The Labute approximate surface area is 120 Å². The largest absolute Gasteiger partial charge is 0.478 e. The van der Waals surface area contributed by atoms with Crippen LogP contribution in [0.5, 0.6) is 0 Å². The molecular formula is C16H23NO3. The Hall–Kier alpha value is -1.39. The van der Waals surface area contributed by atoms with E-state index in [4.69, 9.17) is 9.84 Å². The molecule has 2 rings (SSSR count). The lowest BCUT2D eigenvalue weighted by atomic mass is 10.0. The van der Waals surface area contributed by atoms with Crippen LogP contribution in [0.2, 0.25) is 0 Å². The molecule has 1 fully saturated rings. The normalized spacial score (nSPS) is 17.9. The fourth-order valence-corrected chi connectivity index (χ4v) is 2.74. The number of rotatable bonds is 6. The van der Waals surface area contributed by atoms with Crippen LogP contribution in [-0.2, 0) is 4.74 Å². The zero-order valence-electron chi connectivity index (χ0n) is 12.0. The van der Waals surface area contributed by atoms with Gasteiger partial charge in [0, 0.05) is 13.7 Å². The predicted octanol–water partition coefficient (Wildman–Crippen LogP) is 2.95. The zero-order valence-corrected chi connectivity index (χ0v) is 12.0. The van der Waals surface area contributed by atoms with Crippen molar-refractivity contribution in [1.29, 1.82) is 0 Å². The highest BCUT2D eigenvalue weighted by Gasteiger charge is 2.15. The van der Waals surface area contributed by atoms with Crippen LogP contribution in [0.25, 0.3) is 0 Å². The maximum absolute atomic E-state index is 10.8. The summed E-state index contributed by atoms with van der Waals surface area (Å²) in [5, 5.41) is 8.91. The second-order valence-corrected chi connectivity index (χ2v) is 5.34. The smallest absolute Gasteiger partial charge is 0.335 e. The number of carboxylic acids is 1. The molecule has 0 radical (unpaired) electrons. The molecule has 0 amide bonds. The maximum Gasteiger partial charge on any atom is 0.335 e. The first-order chi connectivity index (χ1) is 9.70. The van der Waals surface area contributed by atoms with Crippen molar-refractivity contribution < 1.29 is 14.6 Å². The number of likely N-dealkylation sites (tertiary alicyclic amines) is 1. The van der Waals surface area contributed by atoms with E-state index in [1.807, 2.05) is 12.1 Å². The van der Waals surface area contributed by atoms with E-state index in [2.05, 4.69) is 4.90 Å². The topological polar surface area (TPSA) is 49.8 Å². The maximum atomic E-state index is 10.8. The van der Waals surface area contributed by atoms with Crippen molar-refractivity contribution >= 4 is 5.97 Å². The first-order valence-corrected chi connectivity index (χ1v) is 7.29. The van der Waals surface area contributed by atoms with Gasteiger partial charge < -0.3 is 14.7 Å². The standard InChI is InChI=1S/C16H23NO3/c1-20-15(9-12-17-10-3-2-4-11-17)13-5-7-14(8-6-13)16(18)19/h5-8,15H,2-4,9-12H2,1H3,(H,18,19). The molecule has 1 unspecified atom stereocenters. The number of ether oxygens (including phenoxy) is 1. The molecule has 110 valence electrons. The van der Waals surface area contributed by atoms with Gasteiger partial charge in [-0.1, -0.05) is 18.6 Å². The molecule has 1 atom stereocenters. The van der Waals surface area contributed by atoms with Crippen LogP contribution in [0, 0.1) is 0 Å². The Bertz CT molecular complexity index is 424. The van der Waals surface area contributed by atoms with Crippen LogP contribution >= 0.6 is 0 Å². The summed E-state index contributed by atoms with van der Waals surface area (Å²) in [5.74, 6) is -0.890. The van der Waals surface area contributed by atoms with E-state index in [0.717, 1.165) is 18.5 Å². The van der Waals surface area contributed by atoms with Gasteiger partial charge in [0.2, 0.25) is 0 Å². The third-order valence-electron chi connectivity index (χ3n) is 3.97. The molecular weight excluding hydrogens is 254 g/mol. The molecule has 0 aromatic heterocycles. The fourth-order valence-electron chi connectivity index (χ4n) is 2.74. The van der Waals surface area contributed by atoms with E-state index in [9.17, 15) is 4.79 Å². The van der Waals surface area contributed by atoms with Gasteiger partial charge in [0.1, 0.15) is 0 Å². The van der Waals surface area contributed by atoms with Crippen molar-refractivity contribution in [3.05, 3.63) is 35.4 Å². The molecule has 1 aliphatic rings. The molecule has 1 heterocycles. The van der Waals surface area contributed by atoms with Gasteiger partial charge in [-0.05, 0) is 50.0 Å². The summed E-state index contributed by atoms with van der Waals surface area (Å²) in [6.07, 6.45) is 4.93. The van der Waals surface area contributed by atoms with Crippen LogP contribution in [0.3, 0.4) is 0 Å². The Morgan fingerprint density at radius 3 is 2.45 bits per heavy atom. The van der Waals surface area contributed by atoms with Gasteiger partial charge >= 0.3 is 5.97 Å². The Kier molecular flexibility index (Phi) is 5.56. The predicted molar refractivity (Wildman–Crippen MR) is 78.1 cm³/mol. The summed E-state index contributed by atoms with van der Waals surface area (Å²) in [6, 6.07) is 7.00. The van der Waals surface area contributed by atoms with Crippen LogP contribution < -0.4 is 0 Å². The van der Waals surface area contributed by atoms with Crippen molar-refractivity contribution in [2.75, 3.05) is 26.7 Å². The monoisotopic (exact) mass is 277 g/mol. The molecule has 1 aromatic carbocycles. The molecule has 0 bridgehead atoms.